The highest BCUT2D eigenvalue weighted by Gasteiger charge is 2.26. The number of hydrogen-bond acceptors (Lipinski definition) is 5. The van der Waals surface area contributed by atoms with E-state index < -0.39 is 11.9 Å². The van der Waals surface area contributed by atoms with Crippen molar-refractivity contribution < 1.29 is 34.8 Å². The zero-order valence-electron chi connectivity index (χ0n) is 13.2. The Kier molecular flexibility index (Phi) is 14.7. The monoisotopic (exact) mass is 321 g/mol. The molecule has 0 atom stereocenters. The van der Waals surface area contributed by atoms with Crippen LogP contribution in [0.2, 0.25) is 0 Å². The highest BCUT2D eigenvalue weighted by molar-refractivity contribution is 5.79. The van der Waals surface area contributed by atoms with Gasteiger partial charge in [0.15, 0.2) is 0 Å². The topological polar surface area (TPSA) is 135 Å². The van der Waals surface area contributed by atoms with E-state index in [9.17, 15) is 4.79 Å². The average Bonchev–Trinajstić information content (AvgIpc) is 2.90. The van der Waals surface area contributed by atoms with Crippen LogP contribution in [0.25, 0.3) is 0 Å². The minimum Gasteiger partial charge on any atom is -0.481 e. The first-order valence-corrected chi connectivity index (χ1v) is 7.15. The van der Waals surface area contributed by atoms with Gasteiger partial charge in [-0.3, -0.25) is 14.4 Å². The van der Waals surface area contributed by atoms with Gasteiger partial charge in [-0.25, -0.2) is 0 Å². The molecule has 4 N–H and O–H groups in total. The van der Waals surface area contributed by atoms with E-state index in [0.29, 0.717) is 13.1 Å². The summed E-state index contributed by atoms with van der Waals surface area (Å²) < 4.78 is 0. The predicted molar refractivity (Wildman–Crippen MR) is 79.3 cm³/mol. The molecule has 8 nitrogen and oxygen atoms in total. The van der Waals surface area contributed by atoms with E-state index >= 15 is 0 Å². The molecule has 22 heavy (non-hydrogen) atoms. The smallest absolute Gasteiger partial charge is 0.300 e. The van der Waals surface area contributed by atoms with Crippen molar-refractivity contribution in [3.05, 3.63) is 0 Å². The third-order valence-corrected chi connectivity index (χ3v) is 2.76. The number of nitrogens with zero attached hydrogens (tertiary/aromatic N) is 1. The van der Waals surface area contributed by atoms with Gasteiger partial charge in [0.1, 0.15) is 0 Å². The fraction of sp³-hybridized carbons (Fsp3) is 0.786. The molecule has 0 aliphatic heterocycles. The van der Waals surface area contributed by atoms with Gasteiger partial charge in [0.05, 0.1) is 13.2 Å². The fourth-order valence-electron chi connectivity index (χ4n) is 2.00. The number of carboxylic acid groups (broad SMARTS) is 2. The van der Waals surface area contributed by atoms with Crippen LogP contribution < -0.4 is 0 Å². The molecule has 0 aromatic carbocycles. The third kappa shape index (κ3) is 14.7. The molecule has 1 fully saturated rings. The Morgan fingerprint density at radius 2 is 1.23 bits per heavy atom. The van der Waals surface area contributed by atoms with E-state index in [0.717, 1.165) is 39.5 Å². The van der Waals surface area contributed by atoms with Gasteiger partial charge in [0.25, 0.3) is 11.9 Å². The van der Waals surface area contributed by atoms with E-state index in [1.807, 2.05) is 0 Å². The lowest BCUT2D eigenvalue weighted by Crippen LogP contribution is -2.39. The first-order valence-electron chi connectivity index (χ1n) is 7.15. The molecule has 1 amide bonds. The second kappa shape index (κ2) is 14.3. The van der Waals surface area contributed by atoms with Crippen molar-refractivity contribution in [2.75, 3.05) is 26.3 Å². The Balaban J connectivity index is 0. The van der Waals surface area contributed by atoms with Crippen LogP contribution in [0.15, 0.2) is 0 Å². The number of rotatable bonds is 5. The second-order valence-corrected chi connectivity index (χ2v) is 4.79. The molecule has 1 rings (SSSR count). The van der Waals surface area contributed by atoms with Gasteiger partial charge < -0.3 is 25.3 Å². The number of aliphatic carboxylic acids is 2. The Bertz CT molecular complexity index is 301. The summed E-state index contributed by atoms with van der Waals surface area (Å²) in [4.78, 5) is 31.4. The summed E-state index contributed by atoms with van der Waals surface area (Å²) in [5.74, 6) is -1.43. The molecule has 1 saturated carbocycles. The van der Waals surface area contributed by atoms with Crippen molar-refractivity contribution in [3.8, 4) is 0 Å². The van der Waals surface area contributed by atoms with Crippen LogP contribution in [0.1, 0.15) is 39.5 Å². The predicted octanol–water partition coefficient (Wildman–Crippen LogP) is 0.172. The molecular formula is C14H27NO7. The Morgan fingerprint density at radius 3 is 1.50 bits per heavy atom. The Hall–Kier alpha value is -1.67. The largest absolute Gasteiger partial charge is 0.481 e. The summed E-state index contributed by atoms with van der Waals surface area (Å²) in [6.07, 6.45) is 4.18. The molecule has 0 radical (unpaired) electrons. The van der Waals surface area contributed by atoms with Crippen LogP contribution in [-0.2, 0) is 14.4 Å². The van der Waals surface area contributed by atoms with Crippen molar-refractivity contribution in [2.45, 2.75) is 39.5 Å². The molecule has 1 aliphatic rings. The minimum absolute atomic E-state index is 0.0293. The first-order chi connectivity index (χ1) is 10.3. The Morgan fingerprint density at radius 1 is 0.909 bits per heavy atom. The van der Waals surface area contributed by atoms with E-state index in [1.54, 1.807) is 4.90 Å². The molecule has 0 bridgehead atoms. The second-order valence-electron chi connectivity index (χ2n) is 4.79. The minimum atomic E-state index is -0.833. The van der Waals surface area contributed by atoms with Crippen molar-refractivity contribution in [1.29, 1.82) is 0 Å². The lowest BCUT2D eigenvalue weighted by atomic mass is 10.1. The lowest BCUT2D eigenvalue weighted by Gasteiger charge is -2.23. The normalized spacial score (nSPS) is 13.3. The number of carbonyl (C=O) groups is 3. The first kappa shape index (κ1) is 22.6. The van der Waals surface area contributed by atoms with E-state index in [-0.39, 0.29) is 25.0 Å². The summed E-state index contributed by atoms with van der Waals surface area (Å²) in [6.45, 7) is 2.79. The van der Waals surface area contributed by atoms with Gasteiger partial charge in [0, 0.05) is 32.9 Å². The Labute approximate surface area is 130 Å². The summed E-state index contributed by atoms with van der Waals surface area (Å²) in [5, 5.41) is 32.4. The molecule has 0 heterocycles. The molecule has 1 aliphatic carbocycles. The molecule has 0 aromatic heterocycles. The number of carbonyl (C=O) groups excluding carboxylic acids is 1. The van der Waals surface area contributed by atoms with Crippen LogP contribution in [0.5, 0.6) is 0 Å². The summed E-state index contributed by atoms with van der Waals surface area (Å²) in [7, 11) is 0. The van der Waals surface area contributed by atoms with Gasteiger partial charge >= 0.3 is 0 Å². The quantitative estimate of drug-likeness (QED) is 0.567. The van der Waals surface area contributed by atoms with Gasteiger partial charge in [-0.15, -0.1) is 0 Å². The maximum Gasteiger partial charge on any atom is 0.300 e. The van der Waals surface area contributed by atoms with E-state index in [1.165, 1.54) is 0 Å². The van der Waals surface area contributed by atoms with Crippen LogP contribution in [0, 0.1) is 5.92 Å². The van der Waals surface area contributed by atoms with Crippen LogP contribution in [-0.4, -0.2) is 69.5 Å². The molecule has 8 heteroatoms. The maximum absolute atomic E-state index is 11.8. The molecule has 0 saturated heterocycles. The van der Waals surface area contributed by atoms with Gasteiger partial charge in [-0.2, -0.15) is 0 Å². The van der Waals surface area contributed by atoms with Crippen LogP contribution >= 0.6 is 0 Å². The summed E-state index contributed by atoms with van der Waals surface area (Å²) in [5.41, 5.74) is 0. The molecular weight excluding hydrogens is 294 g/mol. The van der Waals surface area contributed by atoms with Crippen LogP contribution in [0.4, 0.5) is 0 Å². The standard InChI is InChI=1S/C10H19NO3.2C2H4O2/c12-7-5-11(6-8-13)10(14)9-3-1-2-4-9;2*1-2(3)4/h9,12-13H,1-8H2;2*1H3,(H,3,4). The number of aliphatic hydroxyl groups excluding tert-OH is 2. The number of hydrogen-bond donors (Lipinski definition) is 4. The third-order valence-electron chi connectivity index (χ3n) is 2.76. The summed E-state index contributed by atoms with van der Waals surface area (Å²) in [6, 6.07) is 0. The average molecular weight is 321 g/mol. The van der Waals surface area contributed by atoms with Gasteiger partial charge in [0.2, 0.25) is 5.91 Å². The molecule has 130 valence electrons. The highest BCUT2D eigenvalue weighted by Crippen LogP contribution is 2.26. The highest BCUT2D eigenvalue weighted by atomic mass is 16.4. The molecule has 0 aromatic rings. The fourth-order valence-corrected chi connectivity index (χ4v) is 2.00. The van der Waals surface area contributed by atoms with E-state index in [4.69, 9.17) is 30.0 Å². The zero-order chi connectivity index (χ0) is 17.5. The van der Waals surface area contributed by atoms with Crippen molar-refractivity contribution in [2.24, 2.45) is 5.92 Å². The van der Waals surface area contributed by atoms with Gasteiger partial charge in [-0.05, 0) is 12.8 Å². The molecule has 0 spiro atoms. The zero-order valence-corrected chi connectivity index (χ0v) is 13.2. The molecule has 0 unspecified atom stereocenters. The SMILES string of the molecule is CC(=O)O.CC(=O)O.O=C(C1CCCC1)N(CCO)CCO. The van der Waals surface area contributed by atoms with Gasteiger partial charge in [-0.1, -0.05) is 12.8 Å². The lowest BCUT2D eigenvalue weighted by molar-refractivity contribution is -0.136. The van der Waals surface area contributed by atoms with Crippen molar-refractivity contribution in [3.63, 3.8) is 0 Å². The number of amides is 1. The van der Waals surface area contributed by atoms with Crippen LogP contribution in [0.3, 0.4) is 0 Å². The van der Waals surface area contributed by atoms with Crippen molar-refractivity contribution >= 4 is 17.8 Å². The maximum atomic E-state index is 11.8. The van der Waals surface area contributed by atoms with Crippen molar-refractivity contribution in [1.82, 2.24) is 4.90 Å². The summed E-state index contributed by atoms with van der Waals surface area (Å²) >= 11 is 0. The number of carboxylic acids is 2. The van der Waals surface area contributed by atoms with E-state index in [2.05, 4.69) is 0 Å². The number of aliphatic hydroxyl groups is 2.